The van der Waals surface area contributed by atoms with Crippen LogP contribution in [0.2, 0.25) is 0 Å². The third kappa shape index (κ3) is 2.00. The number of nitrogens with zero attached hydrogens (tertiary/aromatic N) is 2. The van der Waals surface area contributed by atoms with E-state index >= 15 is 0 Å². The average Bonchev–Trinajstić information content (AvgIpc) is 2.16. The molecule has 0 spiro atoms. The molecule has 0 radical (unpaired) electrons. The maximum absolute atomic E-state index is 10.5. The van der Waals surface area contributed by atoms with Crippen molar-refractivity contribution in [2.45, 2.75) is 6.61 Å². The summed E-state index contributed by atoms with van der Waals surface area (Å²) in [4.78, 5) is 9.90. The number of hydrogen-bond donors (Lipinski definition) is 1. The molecule has 14 heavy (non-hydrogen) atoms. The van der Waals surface area contributed by atoms with Crippen LogP contribution >= 0.6 is 22.6 Å². The minimum Gasteiger partial charge on any atom is -0.392 e. The van der Waals surface area contributed by atoms with Gasteiger partial charge in [-0.25, -0.2) is 0 Å². The van der Waals surface area contributed by atoms with Gasteiger partial charge in [0, 0.05) is 9.64 Å². The molecule has 1 N–H and O–H groups in total. The normalized spacial score (nSPS) is 9.50. The van der Waals surface area contributed by atoms with Gasteiger partial charge >= 0.3 is 0 Å². The third-order valence-electron chi connectivity index (χ3n) is 1.65. The van der Waals surface area contributed by atoms with Gasteiger partial charge in [0.1, 0.15) is 11.6 Å². The highest BCUT2D eigenvalue weighted by Crippen LogP contribution is 2.24. The molecule has 1 aromatic carbocycles. The predicted molar refractivity (Wildman–Crippen MR) is 56.5 cm³/mol. The van der Waals surface area contributed by atoms with E-state index in [-0.39, 0.29) is 17.9 Å². The summed E-state index contributed by atoms with van der Waals surface area (Å²) < 4.78 is 0.646. The van der Waals surface area contributed by atoms with Gasteiger partial charge in [0.2, 0.25) is 0 Å². The first-order valence-corrected chi connectivity index (χ1v) is 4.65. The largest absolute Gasteiger partial charge is 0.392 e. The number of benzene rings is 1. The summed E-state index contributed by atoms with van der Waals surface area (Å²) in [7, 11) is 0. The first-order chi connectivity index (χ1) is 6.60. The summed E-state index contributed by atoms with van der Waals surface area (Å²) in [6.45, 7) is -0.273. The Balaban J connectivity index is 3.42. The van der Waals surface area contributed by atoms with Crippen LogP contribution < -0.4 is 0 Å². The maximum Gasteiger partial charge on any atom is 0.287 e. The molecule has 0 saturated heterocycles. The van der Waals surface area contributed by atoms with Crippen molar-refractivity contribution in [3.63, 3.8) is 0 Å². The van der Waals surface area contributed by atoms with Crippen LogP contribution in [-0.4, -0.2) is 10.0 Å². The molecule has 72 valence electrons. The minimum atomic E-state index is -0.631. The quantitative estimate of drug-likeness (QED) is 0.510. The summed E-state index contributed by atoms with van der Waals surface area (Å²) >= 11 is 1.92. The van der Waals surface area contributed by atoms with Gasteiger partial charge < -0.3 is 5.11 Å². The maximum atomic E-state index is 10.5. The second kappa shape index (κ2) is 4.34. The van der Waals surface area contributed by atoms with Crippen molar-refractivity contribution in [3.8, 4) is 6.07 Å². The van der Waals surface area contributed by atoms with Crippen molar-refractivity contribution in [3.05, 3.63) is 36.9 Å². The zero-order valence-corrected chi connectivity index (χ0v) is 9.06. The van der Waals surface area contributed by atoms with E-state index in [4.69, 9.17) is 10.4 Å². The molecule has 1 aromatic rings. The van der Waals surface area contributed by atoms with Crippen molar-refractivity contribution in [1.82, 2.24) is 0 Å². The molecular weight excluding hydrogens is 299 g/mol. The third-order valence-corrected chi connectivity index (χ3v) is 2.66. The Kier molecular flexibility index (Phi) is 3.38. The summed E-state index contributed by atoms with van der Waals surface area (Å²) in [5.41, 5.74) is 0.199. The van der Waals surface area contributed by atoms with Gasteiger partial charge in [0.15, 0.2) is 0 Å². The molecule has 0 aliphatic rings. The second-order valence-electron chi connectivity index (χ2n) is 2.49. The smallest absolute Gasteiger partial charge is 0.287 e. The number of aliphatic hydroxyl groups excluding tert-OH is 1. The van der Waals surface area contributed by atoms with Crippen LogP contribution in [0.25, 0.3) is 0 Å². The van der Waals surface area contributed by atoms with Crippen LogP contribution in [0, 0.1) is 25.0 Å². The molecule has 0 atom stereocenters. The zero-order valence-electron chi connectivity index (χ0n) is 6.90. The lowest BCUT2D eigenvalue weighted by Crippen LogP contribution is -1.97. The van der Waals surface area contributed by atoms with Crippen molar-refractivity contribution in [1.29, 1.82) is 5.26 Å². The van der Waals surface area contributed by atoms with Gasteiger partial charge in [-0.15, -0.1) is 0 Å². The monoisotopic (exact) mass is 304 g/mol. The highest BCUT2D eigenvalue weighted by Gasteiger charge is 2.16. The first kappa shape index (κ1) is 10.9. The van der Waals surface area contributed by atoms with Crippen molar-refractivity contribution >= 4 is 28.3 Å². The molecule has 6 heteroatoms. The predicted octanol–water partition coefficient (Wildman–Crippen LogP) is 1.56. The Morgan fingerprint density at radius 2 is 2.29 bits per heavy atom. The minimum absolute atomic E-state index is 0.0107. The highest BCUT2D eigenvalue weighted by atomic mass is 127. The molecule has 1 rings (SSSR count). The summed E-state index contributed by atoms with van der Waals surface area (Å²) in [6.07, 6.45) is 0. The number of hydrogen-bond acceptors (Lipinski definition) is 4. The van der Waals surface area contributed by atoms with Crippen LogP contribution in [0.1, 0.15) is 11.1 Å². The number of aliphatic hydroxyl groups is 1. The Bertz CT molecular complexity index is 425. The zero-order chi connectivity index (χ0) is 10.7. The SMILES string of the molecule is N#Cc1cc(I)c(CO)cc1[N+](=O)[O-]. The molecule has 0 amide bonds. The highest BCUT2D eigenvalue weighted by molar-refractivity contribution is 14.1. The fourth-order valence-corrected chi connectivity index (χ4v) is 1.60. The number of nitriles is 1. The molecular formula is C8H5IN2O3. The molecule has 0 bridgehead atoms. The van der Waals surface area contributed by atoms with Gasteiger partial charge in [-0.1, -0.05) is 0 Å². The molecule has 0 unspecified atom stereocenters. The summed E-state index contributed by atoms with van der Waals surface area (Å²) in [5, 5.41) is 28.0. The molecule has 5 nitrogen and oxygen atoms in total. The fraction of sp³-hybridized carbons (Fsp3) is 0.125. The Hall–Kier alpha value is -1.20. The average molecular weight is 304 g/mol. The Morgan fingerprint density at radius 1 is 1.64 bits per heavy atom. The van der Waals surface area contributed by atoms with Gasteiger partial charge in [0.05, 0.1) is 11.5 Å². The Labute approximate surface area is 93.3 Å². The van der Waals surface area contributed by atoms with Crippen LogP contribution in [0.15, 0.2) is 12.1 Å². The van der Waals surface area contributed by atoms with Crippen LogP contribution in [0.3, 0.4) is 0 Å². The number of halogens is 1. The summed E-state index contributed by atoms with van der Waals surface area (Å²) in [6, 6.07) is 4.36. The van der Waals surface area contributed by atoms with Crippen molar-refractivity contribution in [2.75, 3.05) is 0 Å². The van der Waals surface area contributed by atoms with E-state index in [1.54, 1.807) is 6.07 Å². The van der Waals surface area contributed by atoms with E-state index in [9.17, 15) is 10.1 Å². The number of nitro groups is 1. The van der Waals surface area contributed by atoms with E-state index in [1.807, 2.05) is 22.6 Å². The molecule has 0 heterocycles. The van der Waals surface area contributed by atoms with Crippen molar-refractivity contribution in [2.24, 2.45) is 0 Å². The Morgan fingerprint density at radius 3 is 2.71 bits per heavy atom. The van der Waals surface area contributed by atoms with Crippen molar-refractivity contribution < 1.29 is 10.0 Å². The van der Waals surface area contributed by atoms with Gasteiger partial charge in [-0.05, 0) is 34.2 Å². The van der Waals surface area contributed by atoms with Crippen LogP contribution in [0.5, 0.6) is 0 Å². The summed E-state index contributed by atoms with van der Waals surface area (Å²) in [5.74, 6) is 0. The topological polar surface area (TPSA) is 87.2 Å². The molecule has 0 aliphatic carbocycles. The number of nitro benzene ring substituents is 1. The molecule has 0 aliphatic heterocycles. The van der Waals surface area contributed by atoms with E-state index < -0.39 is 4.92 Å². The first-order valence-electron chi connectivity index (χ1n) is 3.58. The van der Waals surface area contributed by atoms with E-state index in [2.05, 4.69) is 0 Å². The lowest BCUT2D eigenvalue weighted by atomic mass is 10.1. The van der Waals surface area contributed by atoms with E-state index in [1.165, 1.54) is 12.1 Å². The lowest BCUT2D eigenvalue weighted by molar-refractivity contribution is -0.385. The standard InChI is InChI=1S/C8H5IN2O3/c9-7-1-5(3-10)8(11(13)14)2-6(7)4-12/h1-2,12H,4H2. The molecule has 0 saturated carbocycles. The number of rotatable bonds is 2. The van der Waals surface area contributed by atoms with Gasteiger partial charge in [-0.2, -0.15) is 5.26 Å². The molecule has 0 fully saturated rings. The molecule has 0 aromatic heterocycles. The fourth-order valence-electron chi connectivity index (χ4n) is 0.967. The van der Waals surface area contributed by atoms with Crippen LogP contribution in [-0.2, 0) is 6.61 Å². The van der Waals surface area contributed by atoms with E-state index in [0.717, 1.165) is 0 Å². The lowest BCUT2D eigenvalue weighted by Gasteiger charge is -2.01. The van der Waals surface area contributed by atoms with E-state index in [0.29, 0.717) is 9.13 Å². The second-order valence-corrected chi connectivity index (χ2v) is 3.65. The van der Waals surface area contributed by atoms with Gasteiger partial charge in [-0.3, -0.25) is 10.1 Å². The van der Waals surface area contributed by atoms with Gasteiger partial charge in [0.25, 0.3) is 5.69 Å². The van der Waals surface area contributed by atoms with Crippen LogP contribution in [0.4, 0.5) is 5.69 Å².